The molecule has 5 heteroatoms. The first-order valence-corrected chi connectivity index (χ1v) is 7.84. The van der Waals surface area contributed by atoms with Crippen LogP contribution in [-0.4, -0.2) is 28.4 Å². The first-order valence-electron chi connectivity index (χ1n) is 6.79. The number of carbonyl (C=O) groups excluding carboxylic acids is 1. The summed E-state index contributed by atoms with van der Waals surface area (Å²) in [4.78, 5) is 16.5. The summed E-state index contributed by atoms with van der Waals surface area (Å²) in [6, 6.07) is 9.24. The second kappa shape index (κ2) is 5.71. The van der Waals surface area contributed by atoms with E-state index in [1.807, 2.05) is 36.0 Å². The first kappa shape index (κ1) is 13.2. The molecule has 0 spiro atoms. The number of nitrogen functional groups attached to an aromatic ring is 1. The third kappa shape index (κ3) is 2.72. The number of nitrogens with one attached hydrogen (secondary N) is 1. The van der Waals surface area contributed by atoms with E-state index in [1.165, 1.54) is 18.6 Å². The van der Waals surface area contributed by atoms with E-state index < -0.39 is 0 Å². The third-order valence-electron chi connectivity index (χ3n) is 3.50. The maximum absolute atomic E-state index is 12.2. The number of aromatic nitrogens is 1. The van der Waals surface area contributed by atoms with Gasteiger partial charge in [-0.15, -0.1) is 0 Å². The Kier molecular flexibility index (Phi) is 3.78. The number of rotatable bonds is 3. The zero-order valence-electron chi connectivity index (χ0n) is 11.1. The van der Waals surface area contributed by atoms with E-state index in [2.05, 4.69) is 10.3 Å². The van der Waals surface area contributed by atoms with Gasteiger partial charge in [0, 0.05) is 22.9 Å². The van der Waals surface area contributed by atoms with Gasteiger partial charge in [-0.3, -0.25) is 4.79 Å². The number of hydrogen-bond donors (Lipinski definition) is 2. The fourth-order valence-electron chi connectivity index (χ4n) is 2.42. The first-order chi connectivity index (χ1) is 9.74. The number of thioether (sulfide) groups is 1. The van der Waals surface area contributed by atoms with Crippen LogP contribution in [0.2, 0.25) is 0 Å². The van der Waals surface area contributed by atoms with Crippen LogP contribution in [-0.2, 0) is 0 Å². The van der Waals surface area contributed by atoms with Crippen LogP contribution < -0.4 is 11.1 Å². The summed E-state index contributed by atoms with van der Waals surface area (Å²) < 4.78 is 0. The Morgan fingerprint density at radius 2 is 2.30 bits per heavy atom. The largest absolute Gasteiger partial charge is 0.398 e. The average molecular weight is 287 g/mol. The van der Waals surface area contributed by atoms with Crippen LogP contribution in [0, 0.1) is 0 Å². The highest BCUT2D eigenvalue weighted by atomic mass is 32.2. The van der Waals surface area contributed by atoms with Gasteiger partial charge in [0.1, 0.15) is 5.69 Å². The van der Waals surface area contributed by atoms with Gasteiger partial charge in [-0.2, -0.15) is 11.8 Å². The highest BCUT2D eigenvalue weighted by Crippen LogP contribution is 2.25. The highest BCUT2D eigenvalue weighted by molar-refractivity contribution is 8.00. The molecule has 2 aromatic rings. The number of hydrogen-bond acceptors (Lipinski definition) is 4. The number of nitrogens with zero attached hydrogens (tertiary/aromatic N) is 1. The molecule has 1 fully saturated rings. The second-order valence-electron chi connectivity index (χ2n) is 4.96. The minimum Gasteiger partial charge on any atom is -0.398 e. The van der Waals surface area contributed by atoms with Gasteiger partial charge in [0.2, 0.25) is 0 Å². The summed E-state index contributed by atoms with van der Waals surface area (Å²) in [6.45, 7) is 0.706. The van der Waals surface area contributed by atoms with Gasteiger partial charge in [0.05, 0.1) is 5.52 Å². The van der Waals surface area contributed by atoms with Gasteiger partial charge in [0.15, 0.2) is 0 Å². The van der Waals surface area contributed by atoms with Crippen LogP contribution in [0.4, 0.5) is 5.69 Å². The zero-order valence-corrected chi connectivity index (χ0v) is 12.0. The molecular formula is C15H17N3OS. The number of fused-ring (bicyclic) bond motifs is 1. The number of amides is 1. The van der Waals surface area contributed by atoms with E-state index in [-0.39, 0.29) is 5.91 Å². The van der Waals surface area contributed by atoms with Crippen molar-refractivity contribution in [3.05, 3.63) is 36.0 Å². The molecular weight excluding hydrogens is 270 g/mol. The van der Waals surface area contributed by atoms with E-state index >= 15 is 0 Å². The molecule has 0 radical (unpaired) electrons. The summed E-state index contributed by atoms with van der Waals surface area (Å²) in [7, 11) is 0. The maximum atomic E-state index is 12.2. The molecule has 0 saturated carbocycles. The SMILES string of the molecule is Nc1cc(C(=O)NCC2CCCS2)nc2ccccc12. The Morgan fingerprint density at radius 1 is 1.45 bits per heavy atom. The monoisotopic (exact) mass is 287 g/mol. The third-order valence-corrected chi connectivity index (χ3v) is 4.89. The molecule has 1 aliphatic heterocycles. The van der Waals surface area contributed by atoms with Gasteiger partial charge >= 0.3 is 0 Å². The molecule has 104 valence electrons. The minimum atomic E-state index is -0.144. The van der Waals surface area contributed by atoms with Crippen LogP contribution in [0.25, 0.3) is 10.9 Å². The average Bonchev–Trinajstić information content (AvgIpc) is 2.98. The number of benzene rings is 1. The van der Waals surface area contributed by atoms with E-state index in [4.69, 9.17) is 5.73 Å². The van der Waals surface area contributed by atoms with Crippen molar-refractivity contribution in [1.29, 1.82) is 0 Å². The zero-order chi connectivity index (χ0) is 13.9. The fraction of sp³-hybridized carbons (Fsp3) is 0.333. The van der Waals surface area contributed by atoms with Crippen molar-refractivity contribution in [1.82, 2.24) is 10.3 Å². The lowest BCUT2D eigenvalue weighted by Crippen LogP contribution is -2.30. The molecule has 1 aliphatic rings. The van der Waals surface area contributed by atoms with E-state index in [9.17, 15) is 4.79 Å². The lowest BCUT2D eigenvalue weighted by Gasteiger charge is -2.10. The van der Waals surface area contributed by atoms with Crippen molar-refractivity contribution in [2.45, 2.75) is 18.1 Å². The van der Waals surface area contributed by atoms with Crippen molar-refractivity contribution in [2.75, 3.05) is 18.0 Å². The standard InChI is InChI=1S/C15H17N3OS/c16-12-8-14(18-13-6-2-1-5-11(12)13)15(19)17-9-10-4-3-7-20-10/h1-2,5-6,8,10H,3-4,7,9H2,(H2,16,18)(H,17,19). The van der Waals surface area contributed by atoms with E-state index in [1.54, 1.807) is 6.07 Å². The number of pyridine rings is 1. The van der Waals surface area contributed by atoms with Gasteiger partial charge in [0.25, 0.3) is 5.91 Å². The Balaban J connectivity index is 1.77. The van der Waals surface area contributed by atoms with Crippen molar-refractivity contribution in [2.24, 2.45) is 0 Å². The maximum Gasteiger partial charge on any atom is 0.270 e. The molecule has 3 N–H and O–H groups in total. The van der Waals surface area contributed by atoms with Crippen LogP contribution in [0.15, 0.2) is 30.3 Å². The summed E-state index contributed by atoms with van der Waals surface area (Å²) >= 11 is 1.93. The molecule has 1 aromatic carbocycles. The normalized spacial score (nSPS) is 18.3. The highest BCUT2D eigenvalue weighted by Gasteiger charge is 2.17. The minimum absolute atomic E-state index is 0.144. The van der Waals surface area contributed by atoms with Gasteiger partial charge in [-0.1, -0.05) is 18.2 Å². The Morgan fingerprint density at radius 3 is 3.10 bits per heavy atom. The number of anilines is 1. The quantitative estimate of drug-likeness (QED) is 0.910. The smallest absolute Gasteiger partial charge is 0.270 e. The Hall–Kier alpha value is -1.75. The van der Waals surface area contributed by atoms with Gasteiger partial charge < -0.3 is 11.1 Å². The summed E-state index contributed by atoms with van der Waals surface area (Å²) in [6.07, 6.45) is 2.42. The molecule has 1 aromatic heterocycles. The molecule has 3 rings (SSSR count). The number of para-hydroxylation sites is 1. The van der Waals surface area contributed by atoms with Crippen LogP contribution >= 0.6 is 11.8 Å². The molecule has 2 heterocycles. The molecule has 1 unspecified atom stereocenters. The van der Waals surface area contributed by atoms with E-state index in [0.29, 0.717) is 23.2 Å². The van der Waals surface area contributed by atoms with Crippen molar-refractivity contribution >= 4 is 34.3 Å². The summed E-state index contributed by atoms with van der Waals surface area (Å²) in [5, 5.41) is 4.38. The molecule has 0 bridgehead atoms. The Labute approximate surface area is 122 Å². The molecule has 1 atom stereocenters. The van der Waals surface area contributed by atoms with Crippen molar-refractivity contribution in [3.8, 4) is 0 Å². The lowest BCUT2D eigenvalue weighted by atomic mass is 10.1. The topological polar surface area (TPSA) is 68.0 Å². The van der Waals surface area contributed by atoms with Crippen LogP contribution in [0.1, 0.15) is 23.3 Å². The molecule has 20 heavy (non-hydrogen) atoms. The van der Waals surface area contributed by atoms with Crippen LogP contribution in [0.3, 0.4) is 0 Å². The fourth-order valence-corrected chi connectivity index (χ4v) is 3.62. The van der Waals surface area contributed by atoms with Gasteiger partial charge in [-0.25, -0.2) is 4.98 Å². The number of carbonyl (C=O) groups is 1. The second-order valence-corrected chi connectivity index (χ2v) is 6.37. The Bertz CT molecular complexity index is 638. The predicted molar refractivity (Wildman–Crippen MR) is 84.0 cm³/mol. The molecule has 1 amide bonds. The summed E-state index contributed by atoms with van der Waals surface area (Å²) in [5.41, 5.74) is 7.73. The summed E-state index contributed by atoms with van der Waals surface area (Å²) in [5.74, 6) is 1.05. The predicted octanol–water partition coefficient (Wildman–Crippen LogP) is 2.44. The number of nitrogens with two attached hydrogens (primary N) is 1. The molecule has 4 nitrogen and oxygen atoms in total. The van der Waals surface area contributed by atoms with Crippen molar-refractivity contribution < 1.29 is 4.79 Å². The lowest BCUT2D eigenvalue weighted by molar-refractivity contribution is 0.0949. The molecule has 0 aliphatic carbocycles. The van der Waals surface area contributed by atoms with E-state index in [0.717, 1.165) is 10.9 Å². The molecule has 1 saturated heterocycles. The van der Waals surface area contributed by atoms with Crippen LogP contribution in [0.5, 0.6) is 0 Å². The van der Waals surface area contributed by atoms with Gasteiger partial charge in [-0.05, 0) is 30.7 Å². The van der Waals surface area contributed by atoms with Crippen molar-refractivity contribution in [3.63, 3.8) is 0 Å².